The van der Waals surface area contributed by atoms with Gasteiger partial charge >= 0.3 is 0 Å². The first-order chi connectivity index (χ1) is 8.45. The Labute approximate surface area is 120 Å². The maximum atomic E-state index is 12.0. The van der Waals surface area contributed by atoms with E-state index in [9.17, 15) is 4.79 Å². The Bertz CT molecular complexity index is 465. The lowest BCUT2D eigenvalue weighted by Gasteiger charge is -2.14. The van der Waals surface area contributed by atoms with Crippen molar-refractivity contribution in [2.24, 2.45) is 11.7 Å². The van der Waals surface area contributed by atoms with E-state index in [-0.39, 0.29) is 10.9 Å². The van der Waals surface area contributed by atoms with Crippen LogP contribution in [0.1, 0.15) is 25.5 Å². The molecule has 1 aromatic rings. The van der Waals surface area contributed by atoms with Crippen LogP contribution in [0, 0.1) is 12.8 Å². The van der Waals surface area contributed by atoms with E-state index in [2.05, 4.69) is 26.2 Å². The molecular formula is C12H16BrN3OS. The number of aromatic nitrogens is 1. The smallest absolute Gasteiger partial charge is 0.235 e. The van der Waals surface area contributed by atoms with Gasteiger partial charge in [-0.1, -0.05) is 25.6 Å². The van der Waals surface area contributed by atoms with Crippen LogP contribution in [-0.2, 0) is 4.79 Å². The fourth-order valence-electron chi connectivity index (χ4n) is 1.52. The molecule has 1 atom stereocenters. The van der Waals surface area contributed by atoms with Gasteiger partial charge in [0.2, 0.25) is 5.91 Å². The highest BCUT2D eigenvalue weighted by molar-refractivity contribution is 9.10. The van der Waals surface area contributed by atoms with Gasteiger partial charge in [0.1, 0.15) is 5.82 Å². The molecule has 3 N–H and O–H groups in total. The van der Waals surface area contributed by atoms with E-state index in [1.54, 1.807) is 6.07 Å². The van der Waals surface area contributed by atoms with Crippen LogP contribution in [0.5, 0.6) is 0 Å². The molecule has 0 aliphatic carbocycles. The fourth-order valence-corrected chi connectivity index (χ4v) is 1.96. The zero-order valence-electron chi connectivity index (χ0n) is 10.4. The summed E-state index contributed by atoms with van der Waals surface area (Å²) in [4.78, 5) is 16.5. The molecule has 1 rings (SSSR count). The van der Waals surface area contributed by atoms with Gasteiger partial charge < -0.3 is 11.1 Å². The van der Waals surface area contributed by atoms with E-state index < -0.39 is 5.92 Å². The third kappa shape index (κ3) is 4.03. The van der Waals surface area contributed by atoms with Crippen molar-refractivity contribution < 1.29 is 4.79 Å². The topological polar surface area (TPSA) is 68.0 Å². The highest BCUT2D eigenvalue weighted by Crippen LogP contribution is 2.17. The van der Waals surface area contributed by atoms with Crippen LogP contribution in [0.25, 0.3) is 0 Å². The minimum atomic E-state index is -0.434. The number of anilines is 1. The number of hydrogen-bond donors (Lipinski definition) is 2. The number of rotatable bonds is 5. The number of amides is 1. The Kier molecular flexibility index (Phi) is 5.68. The molecule has 1 aromatic heterocycles. The maximum Gasteiger partial charge on any atom is 0.235 e. The largest absolute Gasteiger partial charge is 0.393 e. The second-order valence-electron chi connectivity index (χ2n) is 4.00. The molecule has 1 unspecified atom stereocenters. The molecule has 0 aliphatic heterocycles. The first kappa shape index (κ1) is 15.0. The van der Waals surface area contributed by atoms with Gasteiger partial charge in [0.25, 0.3) is 0 Å². The molecule has 0 fully saturated rings. The molecule has 1 heterocycles. The molecule has 0 saturated carbocycles. The quantitative estimate of drug-likeness (QED) is 0.815. The van der Waals surface area contributed by atoms with Crippen molar-refractivity contribution in [2.75, 3.05) is 5.32 Å². The molecule has 18 heavy (non-hydrogen) atoms. The van der Waals surface area contributed by atoms with E-state index in [0.717, 1.165) is 16.6 Å². The summed E-state index contributed by atoms with van der Waals surface area (Å²) in [7, 11) is 0. The molecule has 0 radical (unpaired) electrons. The normalized spacial score (nSPS) is 11.9. The molecule has 0 bridgehead atoms. The molecule has 0 aromatic carbocycles. The van der Waals surface area contributed by atoms with Gasteiger partial charge in [-0.05, 0) is 41.4 Å². The second kappa shape index (κ2) is 6.80. The van der Waals surface area contributed by atoms with Crippen molar-refractivity contribution >= 4 is 44.9 Å². The summed E-state index contributed by atoms with van der Waals surface area (Å²) in [6.45, 7) is 3.84. The lowest BCUT2D eigenvalue weighted by atomic mass is 10.0. The Balaban J connectivity index is 2.79. The molecule has 98 valence electrons. The number of thiocarbonyl (C=S) groups is 1. The predicted octanol–water partition coefficient (Wildman–Crippen LogP) is 2.79. The van der Waals surface area contributed by atoms with Crippen LogP contribution in [0.2, 0.25) is 0 Å². The van der Waals surface area contributed by atoms with Gasteiger partial charge in [0, 0.05) is 4.47 Å². The number of nitrogens with two attached hydrogens (primary N) is 1. The van der Waals surface area contributed by atoms with Crippen molar-refractivity contribution in [1.82, 2.24) is 4.98 Å². The van der Waals surface area contributed by atoms with Crippen molar-refractivity contribution in [3.63, 3.8) is 0 Å². The Morgan fingerprint density at radius 2 is 2.28 bits per heavy atom. The van der Waals surface area contributed by atoms with Gasteiger partial charge in [-0.25, -0.2) is 4.98 Å². The van der Waals surface area contributed by atoms with Gasteiger partial charge in [-0.2, -0.15) is 0 Å². The van der Waals surface area contributed by atoms with E-state index in [4.69, 9.17) is 18.0 Å². The highest BCUT2D eigenvalue weighted by Gasteiger charge is 2.20. The minimum Gasteiger partial charge on any atom is -0.393 e. The molecule has 6 heteroatoms. The van der Waals surface area contributed by atoms with Gasteiger partial charge in [0.15, 0.2) is 0 Å². The highest BCUT2D eigenvalue weighted by atomic mass is 79.9. The minimum absolute atomic E-state index is 0.196. The molecule has 1 amide bonds. The van der Waals surface area contributed by atoms with Crippen molar-refractivity contribution in [2.45, 2.75) is 26.7 Å². The van der Waals surface area contributed by atoms with Crippen LogP contribution in [-0.4, -0.2) is 15.9 Å². The first-order valence-corrected chi connectivity index (χ1v) is 6.89. The summed E-state index contributed by atoms with van der Waals surface area (Å²) >= 11 is 8.27. The van der Waals surface area contributed by atoms with Crippen molar-refractivity contribution in [3.05, 3.63) is 22.3 Å². The van der Waals surface area contributed by atoms with Crippen LogP contribution in [0.15, 0.2) is 16.6 Å². The Hall–Kier alpha value is -1.01. The van der Waals surface area contributed by atoms with Crippen LogP contribution < -0.4 is 11.1 Å². The molecule has 0 saturated heterocycles. The summed E-state index contributed by atoms with van der Waals surface area (Å²) in [6.07, 6.45) is 1.50. The Morgan fingerprint density at radius 3 is 2.78 bits per heavy atom. The zero-order valence-corrected chi connectivity index (χ0v) is 12.8. The third-order valence-corrected chi connectivity index (χ3v) is 3.63. The number of carbonyl (C=O) groups is 1. The summed E-state index contributed by atoms with van der Waals surface area (Å²) in [5.41, 5.74) is 6.39. The predicted molar refractivity (Wildman–Crippen MR) is 80.5 cm³/mol. The Morgan fingerprint density at radius 1 is 1.61 bits per heavy atom. The summed E-state index contributed by atoms with van der Waals surface area (Å²) < 4.78 is 0.903. The monoisotopic (exact) mass is 329 g/mol. The van der Waals surface area contributed by atoms with Crippen LogP contribution >= 0.6 is 28.1 Å². The van der Waals surface area contributed by atoms with Gasteiger partial charge in [-0.3, -0.25) is 4.79 Å². The average molecular weight is 330 g/mol. The fraction of sp³-hybridized carbons (Fsp3) is 0.417. The summed E-state index contributed by atoms with van der Waals surface area (Å²) in [5.74, 6) is -0.118. The molecule has 4 nitrogen and oxygen atoms in total. The maximum absolute atomic E-state index is 12.0. The first-order valence-electron chi connectivity index (χ1n) is 5.69. The van der Waals surface area contributed by atoms with E-state index in [0.29, 0.717) is 12.2 Å². The number of aryl methyl sites for hydroxylation is 1. The zero-order chi connectivity index (χ0) is 13.7. The van der Waals surface area contributed by atoms with Gasteiger partial charge in [0.05, 0.1) is 16.6 Å². The standard InChI is InChI=1S/C12H16BrN3OS/c1-3-4-8(11(14)18)12(17)16-10-6-5-9(13)7(2)15-10/h5-6,8H,3-4H2,1-2H3,(H2,14,18)(H,15,16,17). The van der Waals surface area contributed by atoms with E-state index in [1.165, 1.54) is 0 Å². The SMILES string of the molecule is CCCC(C(=O)Nc1ccc(Br)c(C)n1)C(N)=S. The molecule has 0 spiro atoms. The average Bonchev–Trinajstić information content (AvgIpc) is 2.30. The lowest BCUT2D eigenvalue weighted by molar-refractivity contribution is -0.118. The number of hydrogen-bond acceptors (Lipinski definition) is 3. The number of carbonyl (C=O) groups excluding carboxylic acids is 1. The second-order valence-corrected chi connectivity index (χ2v) is 5.32. The van der Waals surface area contributed by atoms with E-state index >= 15 is 0 Å². The van der Waals surface area contributed by atoms with Crippen molar-refractivity contribution in [3.8, 4) is 0 Å². The third-order valence-electron chi connectivity index (χ3n) is 2.51. The van der Waals surface area contributed by atoms with Crippen molar-refractivity contribution in [1.29, 1.82) is 0 Å². The molecular weight excluding hydrogens is 314 g/mol. The van der Waals surface area contributed by atoms with Crippen LogP contribution in [0.3, 0.4) is 0 Å². The summed E-state index contributed by atoms with van der Waals surface area (Å²) in [6, 6.07) is 3.57. The lowest BCUT2D eigenvalue weighted by Crippen LogP contribution is -2.33. The van der Waals surface area contributed by atoms with Crippen LogP contribution in [0.4, 0.5) is 5.82 Å². The van der Waals surface area contributed by atoms with Gasteiger partial charge in [-0.15, -0.1) is 0 Å². The van der Waals surface area contributed by atoms with E-state index in [1.807, 2.05) is 19.9 Å². The summed E-state index contributed by atoms with van der Waals surface area (Å²) in [5, 5.41) is 2.74. The number of halogens is 1. The molecule has 0 aliphatic rings. The number of nitrogens with one attached hydrogen (secondary N) is 1. The number of pyridine rings is 1. The number of nitrogens with zero attached hydrogens (tertiary/aromatic N) is 1.